The number of aromatic nitrogens is 3. The van der Waals surface area contributed by atoms with Crippen LogP contribution in [0.15, 0.2) is 42.6 Å². The number of para-hydroxylation sites is 1. The molecule has 0 unspecified atom stereocenters. The maximum absolute atomic E-state index is 6.32. The van der Waals surface area contributed by atoms with Crippen LogP contribution in [0.1, 0.15) is 5.69 Å². The number of nitrogens with zero attached hydrogens (tertiary/aromatic N) is 5. The van der Waals surface area contributed by atoms with Crippen LogP contribution in [-0.2, 0) is 0 Å². The molecule has 4 rings (SSSR count). The van der Waals surface area contributed by atoms with Gasteiger partial charge in [-0.3, -0.25) is 0 Å². The highest BCUT2D eigenvalue weighted by Crippen LogP contribution is 2.27. The van der Waals surface area contributed by atoms with Gasteiger partial charge in [-0.05, 0) is 19.1 Å². The molecule has 3 heterocycles. The normalized spacial score (nSPS) is 15.4. The molecule has 2 aromatic heterocycles. The van der Waals surface area contributed by atoms with E-state index < -0.39 is 0 Å². The maximum atomic E-state index is 6.32. The summed E-state index contributed by atoms with van der Waals surface area (Å²) in [5, 5.41) is 5.22. The van der Waals surface area contributed by atoms with Gasteiger partial charge in [0.25, 0.3) is 0 Å². The minimum absolute atomic E-state index is 0.815. The van der Waals surface area contributed by atoms with E-state index in [0.29, 0.717) is 0 Å². The molecule has 1 saturated heterocycles. The van der Waals surface area contributed by atoms with E-state index in [1.54, 1.807) is 6.20 Å². The Bertz CT molecular complexity index is 836. The summed E-state index contributed by atoms with van der Waals surface area (Å²) in [5.41, 5.74) is 3.03. The van der Waals surface area contributed by atoms with Gasteiger partial charge in [0.1, 0.15) is 5.82 Å². The van der Waals surface area contributed by atoms with E-state index in [1.165, 1.54) is 0 Å². The van der Waals surface area contributed by atoms with Crippen molar-refractivity contribution < 1.29 is 0 Å². The number of halogens is 1. The van der Waals surface area contributed by atoms with Crippen LogP contribution < -0.4 is 9.80 Å². The lowest BCUT2D eigenvalue weighted by Crippen LogP contribution is -2.47. The number of piperazine rings is 1. The highest BCUT2D eigenvalue weighted by atomic mass is 35.5. The molecular formula is C17H18ClN5. The van der Waals surface area contributed by atoms with Crippen LogP contribution >= 0.6 is 11.6 Å². The Balaban J connectivity index is 1.57. The van der Waals surface area contributed by atoms with E-state index in [0.717, 1.165) is 54.0 Å². The highest BCUT2D eigenvalue weighted by Gasteiger charge is 2.21. The molecule has 3 aromatic rings. The average Bonchev–Trinajstić information content (AvgIpc) is 3.03. The number of rotatable bonds is 2. The fraction of sp³-hybridized carbons (Fsp3) is 0.294. The molecule has 0 aliphatic carbocycles. The predicted octanol–water partition coefficient (Wildman–Crippen LogP) is 3.02. The van der Waals surface area contributed by atoms with Gasteiger partial charge in [-0.2, -0.15) is 9.61 Å². The van der Waals surface area contributed by atoms with E-state index in [4.69, 9.17) is 11.6 Å². The van der Waals surface area contributed by atoms with Crippen molar-refractivity contribution in [2.24, 2.45) is 0 Å². The fourth-order valence-electron chi connectivity index (χ4n) is 3.13. The quantitative estimate of drug-likeness (QED) is 0.725. The lowest BCUT2D eigenvalue weighted by molar-refractivity contribution is 0.638. The van der Waals surface area contributed by atoms with Crippen molar-refractivity contribution in [3.63, 3.8) is 0 Å². The lowest BCUT2D eigenvalue weighted by Gasteiger charge is -2.37. The molecule has 0 radical (unpaired) electrons. The third-order valence-electron chi connectivity index (χ3n) is 4.27. The fourth-order valence-corrected chi connectivity index (χ4v) is 3.38. The third kappa shape index (κ3) is 2.61. The first-order valence-electron chi connectivity index (χ1n) is 7.78. The standard InChI is InChI=1S/C17H18ClN5/c1-13-12-17(23-16(20-13)6-7-19-23)22-10-8-21(9-11-22)15-5-3-2-4-14(15)18/h2-7,12H,8-11H2,1H3. The van der Waals surface area contributed by atoms with Gasteiger partial charge in [-0.25, -0.2) is 4.98 Å². The molecule has 0 saturated carbocycles. The van der Waals surface area contributed by atoms with Gasteiger partial charge < -0.3 is 9.80 Å². The van der Waals surface area contributed by atoms with Gasteiger partial charge in [0.15, 0.2) is 5.65 Å². The molecular weight excluding hydrogens is 310 g/mol. The minimum atomic E-state index is 0.815. The van der Waals surface area contributed by atoms with Crippen LogP contribution in [0.4, 0.5) is 11.5 Å². The summed E-state index contributed by atoms with van der Waals surface area (Å²) in [6.45, 7) is 5.77. The molecule has 0 atom stereocenters. The van der Waals surface area contributed by atoms with Gasteiger partial charge in [0.05, 0.1) is 16.9 Å². The van der Waals surface area contributed by atoms with Crippen LogP contribution in [0, 0.1) is 6.92 Å². The topological polar surface area (TPSA) is 36.7 Å². The molecule has 1 aliphatic rings. The number of hydrogen-bond donors (Lipinski definition) is 0. The Labute approximate surface area is 140 Å². The zero-order chi connectivity index (χ0) is 15.8. The summed E-state index contributed by atoms with van der Waals surface area (Å²) < 4.78 is 1.91. The van der Waals surface area contributed by atoms with Crippen LogP contribution in [0.25, 0.3) is 5.65 Å². The first-order valence-corrected chi connectivity index (χ1v) is 8.16. The molecule has 23 heavy (non-hydrogen) atoms. The smallest absolute Gasteiger partial charge is 0.157 e. The van der Waals surface area contributed by atoms with E-state index in [9.17, 15) is 0 Å². The summed E-state index contributed by atoms with van der Waals surface area (Å²) in [6.07, 6.45) is 1.80. The Morgan fingerprint density at radius 3 is 2.52 bits per heavy atom. The van der Waals surface area contributed by atoms with Crippen molar-refractivity contribution in [2.45, 2.75) is 6.92 Å². The first kappa shape index (κ1) is 14.3. The Kier molecular flexibility index (Phi) is 3.58. The molecule has 0 N–H and O–H groups in total. The molecule has 0 bridgehead atoms. The van der Waals surface area contributed by atoms with E-state index in [2.05, 4.69) is 32.0 Å². The molecule has 118 valence electrons. The molecule has 5 nitrogen and oxygen atoms in total. The Hall–Kier alpha value is -2.27. The van der Waals surface area contributed by atoms with Gasteiger partial charge in [0, 0.05) is 44.0 Å². The first-order chi connectivity index (χ1) is 11.2. The number of anilines is 2. The van der Waals surface area contributed by atoms with E-state index in [1.807, 2.05) is 35.7 Å². The molecule has 0 spiro atoms. The molecule has 1 aliphatic heterocycles. The summed E-state index contributed by atoms with van der Waals surface area (Å²) >= 11 is 6.32. The number of fused-ring (bicyclic) bond motifs is 1. The van der Waals surface area contributed by atoms with Crippen LogP contribution in [0.2, 0.25) is 5.02 Å². The van der Waals surface area contributed by atoms with Crippen molar-refractivity contribution in [2.75, 3.05) is 36.0 Å². The summed E-state index contributed by atoms with van der Waals surface area (Å²) in [4.78, 5) is 9.21. The minimum Gasteiger partial charge on any atom is -0.367 e. The molecule has 1 aromatic carbocycles. The van der Waals surface area contributed by atoms with Crippen LogP contribution in [-0.4, -0.2) is 40.8 Å². The largest absolute Gasteiger partial charge is 0.367 e. The monoisotopic (exact) mass is 327 g/mol. The zero-order valence-corrected chi connectivity index (χ0v) is 13.7. The van der Waals surface area contributed by atoms with Gasteiger partial charge in [-0.1, -0.05) is 23.7 Å². The summed E-state index contributed by atoms with van der Waals surface area (Å²) in [7, 11) is 0. The second-order valence-corrected chi connectivity index (χ2v) is 6.19. The number of benzene rings is 1. The SMILES string of the molecule is Cc1cc(N2CCN(c3ccccc3Cl)CC2)n2nccc2n1. The highest BCUT2D eigenvalue weighted by molar-refractivity contribution is 6.33. The summed E-state index contributed by atoms with van der Waals surface area (Å²) in [5.74, 6) is 1.11. The number of hydrogen-bond acceptors (Lipinski definition) is 4. The van der Waals surface area contributed by atoms with Crippen molar-refractivity contribution in [3.8, 4) is 0 Å². The Morgan fingerprint density at radius 2 is 1.74 bits per heavy atom. The average molecular weight is 328 g/mol. The summed E-state index contributed by atoms with van der Waals surface area (Å²) in [6, 6.07) is 12.1. The van der Waals surface area contributed by atoms with Crippen LogP contribution in [0.3, 0.4) is 0 Å². The second kappa shape index (κ2) is 5.74. The van der Waals surface area contributed by atoms with Gasteiger partial charge in [-0.15, -0.1) is 0 Å². The van der Waals surface area contributed by atoms with E-state index in [-0.39, 0.29) is 0 Å². The predicted molar refractivity (Wildman–Crippen MR) is 93.6 cm³/mol. The van der Waals surface area contributed by atoms with Gasteiger partial charge in [0.2, 0.25) is 0 Å². The molecule has 0 amide bonds. The lowest BCUT2D eigenvalue weighted by atomic mass is 10.2. The zero-order valence-electron chi connectivity index (χ0n) is 13.0. The number of aryl methyl sites for hydroxylation is 1. The van der Waals surface area contributed by atoms with Crippen LogP contribution in [0.5, 0.6) is 0 Å². The molecule has 1 fully saturated rings. The molecule has 6 heteroatoms. The third-order valence-corrected chi connectivity index (χ3v) is 4.59. The van der Waals surface area contributed by atoms with Crippen molar-refractivity contribution in [1.29, 1.82) is 0 Å². The van der Waals surface area contributed by atoms with Gasteiger partial charge >= 0.3 is 0 Å². The van der Waals surface area contributed by atoms with Crippen molar-refractivity contribution >= 4 is 28.8 Å². The van der Waals surface area contributed by atoms with Crippen molar-refractivity contribution in [3.05, 3.63) is 53.3 Å². The second-order valence-electron chi connectivity index (χ2n) is 5.78. The van der Waals surface area contributed by atoms with Crippen molar-refractivity contribution in [1.82, 2.24) is 14.6 Å². The Morgan fingerprint density at radius 1 is 1.00 bits per heavy atom. The van der Waals surface area contributed by atoms with E-state index >= 15 is 0 Å². The maximum Gasteiger partial charge on any atom is 0.157 e.